The monoisotopic (exact) mass is 319 g/mol. The maximum atomic E-state index is 12.3. The van der Waals surface area contributed by atoms with Crippen molar-refractivity contribution in [3.05, 3.63) is 17.5 Å². The molecule has 0 aromatic carbocycles. The van der Waals surface area contributed by atoms with Gasteiger partial charge in [0.2, 0.25) is 5.95 Å². The maximum Gasteiger partial charge on any atom is 0.254 e. The molecule has 2 saturated heterocycles. The first-order chi connectivity index (χ1) is 11.1. The van der Waals surface area contributed by atoms with Crippen LogP contribution in [-0.2, 0) is 4.74 Å². The van der Waals surface area contributed by atoms with Crippen molar-refractivity contribution in [3.8, 4) is 0 Å². The Labute approximate surface area is 136 Å². The Morgan fingerprint density at radius 1 is 1.43 bits per heavy atom. The van der Waals surface area contributed by atoms with Gasteiger partial charge in [0.1, 0.15) is 0 Å². The summed E-state index contributed by atoms with van der Waals surface area (Å²) in [6.45, 7) is 5.70. The van der Waals surface area contributed by atoms with Gasteiger partial charge in [0.15, 0.2) is 0 Å². The number of amides is 1. The molecule has 3 rings (SSSR count). The first kappa shape index (κ1) is 16.1. The van der Waals surface area contributed by atoms with E-state index >= 15 is 0 Å². The second-order valence-corrected chi connectivity index (χ2v) is 6.41. The number of nitrogens with two attached hydrogens (primary N) is 1. The number of nitrogens with one attached hydrogen (secondary N) is 1. The minimum Gasteiger partial charge on any atom is -0.377 e. The normalized spacial score (nSPS) is 23.1. The number of hydrogen-bond donors (Lipinski definition) is 2. The summed E-state index contributed by atoms with van der Waals surface area (Å²) in [6, 6.07) is 0.209. The number of nitrogen functional groups attached to an aromatic ring is 1. The molecule has 0 aliphatic carbocycles. The molecule has 1 aromatic heterocycles. The van der Waals surface area contributed by atoms with Gasteiger partial charge < -0.3 is 20.7 Å². The van der Waals surface area contributed by atoms with Crippen molar-refractivity contribution in [2.75, 3.05) is 32.0 Å². The van der Waals surface area contributed by atoms with E-state index in [1.807, 2.05) is 0 Å². The van der Waals surface area contributed by atoms with Crippen LogP contribution in [0.5, 0.6) is 0 Å². The van der Waals surface area contributed by atoms with Crippen LogP contribution in [0.2, 0.25) is 0 Å². The van der Waals surface area contributed by atoms with Gasteiger partial charge in [0, 0.05) is 38.5 Å². The zero-order valence-electron chi connectivity index (χ0n) is 13.6. The van der Waals surface area contributed by atoms with Crippen LogP contribution in [0.4, 0.5) is 5.95 Å². The molecule has 7 nitrogen and oxygen atoms in total. The van der Waals surface area contributed by atoms with E-state index in [1.54, 1.807) is 6.92 Å². The molecule has 1 amide bonds. The number of aryl methyl sites for hydroxylation is 1. The van der Waals surface area contributed by atoms with Gasteiger partial charge in [-0.2, -0.15) is 0 Å². The molecule has 0 bridgehead atoms. The van der Waals surface area contributed by atoms with E-state index in [1.165, 1.54) is 19.0 Å². The fourth-order valence-electron chi connectivity index (χ4n) is 3.31. The Bertz CT molecular complexity index is 551. The van der Waals surface area contributed by atoms with Crippen molar-refractivity contribution in [1.29, 1.82) is 0 Å². The van der Waals surface area contributed by atoms with Crippen molar-refractivity contribution in [1.82, 2.24) is 20.2 Å². The van der Waals surface area contributed by atoms with Crippen molar-refractivity contribution < 1.29 is 9.53 Å². The number of aromatic nitrogens is 2. The largest absolute Gasteiger partial charge is 0.377 e. The molecular formula is C16H25N5O2. The molecule has 0 spiro atoms. The van der Waals surface area contributed by atoms with Crippen LogP contribution >= 0.6 is 0 Å². The van der Waals surface area contributed by atoms with E-state index in [9.17, 15) is 4.79 Å². The van der Waals surface area contributed by atoms with E-state index in [2.05, 4.69) is 20.2 Å². The molecule has 2 fully saturated rings. The summed E-state index contributed by atoms with van der Waals surface area (Å²) >= 11 is 0. The number of anilines is 1. The second-order valence-electron chi connectivity index (χ2n) is 6.41. The number of ether oxygens (including phenoxy) is 1. The summed E-state index contributed by atoms with van der Waals surface area (Å²) in [5.74, 6) is 0.0848. The zero-order chi connectivity index (χ0) is 16.2. The minimum atomic E-state index is -0.111. The molecule has 7 heteroatoms. The molecule has 23 heavy (non-hydrogen) atoms. The van der Waals surface area contributed by atoms with Crippen LogP contribution in [0, 0.1) is 6.92 Å². The van der Waals surface area contributed by atoms with E-state index in [0.29, 0.717) is 17.4 Å². The summed E-state index contributed by atoms with van der Waals surface area (Å²) in [5, 5.41) is 3.09. The summed E-state index contributed by atoms with van der Waals surface area (Å²) in [5.41, 5.74) is 6.64. The standard InChI is InChI=1S/C16H25N5O2/c1-11-14(9-18-16(17)19-11)15(22)20-12-4-6-21(7-5-12)10-13-3-2-8-23-13/h9,12-13H,2-8,10H2,1H3,(H,20,22)(H2,17,18,19)/t13-/m0/s1. The van der Waals surface area contributed by atoms with Crippen molar-refractivity contribution in [3.63, 3.8) is 0 Å². The Balaban J connectivity index is 1.47. The van der Waals surface area contributed by atoms with Crippen LogP contribution in [0.15, 0.2) is 6.20 Å². The Morgan fingerprint density at radius 2 is 2.22 bits per heavy atom. The number of rotatable bonds is 4. The summed E-state index contributed by atoms with van der Waals surface area (Å²) in [6.07, 6.45) is 6.18. The van der Waals surface area contributed by atoms with Crippen LogP contribution < -0.4 is 11.1 Å². The fraction of sp³-hybridized carbons (Fsp3) is 0.688. The quantitative estimate of drug-likeness (QED) is 0.850. The van der Waals surface area contributed by atoms with Gasteiger partial charge in [-0.3, -0.25) is 4.79 Å². The Hall–Kier alpha value is -1.73. The highest BCUT2D eigenvalue weighted by Crippen LogP contribution is 2.17. The number of carbonyl (C=O) groups is 1. The molecular weight excluding hydrogens is 294 g/mol. The molecule has 0 saturated carbocycles. The molecule has 3 heterocycles. The Kier molecular flexibility index (Phi) is 5.07. The lowest BCUT2D eigenvalue weighted by molar-refractivity contribution is 0.0612. The predicted octanol–water partition coefficient (Wildman–Crippen LogP) is 0.740. The lowest BCUT2D eigenvalue weighted by Crippen LogP contribution is -2.46. The molecule has 0 unspecified atom stereocenters. The number of carbonyl (C=O) groups excluding carboxylic acids is 1. The van der Waals surface area contributed by atoms with Gasteiger partial charge in [-0.15, -0.1) is 0 Å². The lowest BCUT2D eigenvalue weighted by atomic mass is 10.0. The summed E-state index contributed by atoms with van der Waals surface area (Å²) < 4.78 is 5.69. The highest BCUT2D eigenvalue weighted by atomic mass is 16.5. The first-order valence-electron chi connectivity index (χ1n) is 8.36. The van der Waals surface area contributed by atoms with Crippen molar-refractivity contribution in [2.45, 2.75) is 44.8 Å². The molecule has 2 aliphatic rings. The SMILES string of the molecule is Cc1nc(N)ncc1C(=O)NC1CCN(C[C@@H]2CCCO2)CC1. The summed E-state index contributed by atoms with van der Waals surface area (Å²) in [7, 11) is 0. The molecule has 3 N–H and O–H groups in total. The highest BCUT2D eigenvalue weighted by Gasteiger charge is 2.25. The molecule has 0 radical (unpaired) electrons. The van der Waals surface area contributed by atoms with Crippen LogP contribution in [-0.4, -0.2) is 59.2 Å². The fourth-order valence-corrected chi connectivity index (χ4v) is 3.31. The number of likely N-dealkylation sites (tertiary alicyclic amines) is 1. The van der Waals surface area contributed by atoms with Crippen molar-refractivity contribution >= 4 is 11.9 Å². The van der Waals surface area contributed by atoms with Crippen LogP contribution in [0.1, 0.15) is 41.7 Å². The van der Waals surface area contributed by atoms with Gasteiger partial charge >= 0.3 is 0 Å². The third-order valence-corrected chi connectivity index (χ3v) is 4.65. The predicted molar refractivity (Wildman–Crippen MR) is 87.1 cm³/mol. The van der Waals surface area contributed by atoms with E-state index in [-0.39, 0.29) is 17.9 Å². The lowest BCUT2D eigenvalue weighted by Gasteiger charge is -2.33. The van der Waals surface area contributed by atoms with Crippen LogP contribution in [0.3, 0.4) is 0 Å². The third kappa shape index (κ3) is 4.17. The smallest absolute Gasteiger partial charge is 0.254 e. The average molecular weight is 319 g/mol. The Morgan fingerprint density at radius 3 is 2.87 bits per heavy atom. The van der Waals surface area contributed by atoms with Gasteiger partial charge in [-0.1, -0.05) is 0 Å². The van der Waals surface area contributed by atoms with E-state index in [0.717, 1.165) is 39.1 Å². The van der Waals surface area contributed by atoms with Crippen LogP contribution in [0.25, 0.3) is 0 Å². The average Bonchev–Trinajstić information content (AvgIpc) is 3.02. The highest BCUT2D eigenvalue weighted by molar-refractivity contribution is 5.95. The molecule has 126 valence electrons. The van der Waals surface area contributed by atoms with Crippen molar-refractivity contribution in [2.24, 2.45) is 0 Å². The van der Waals surface area contributed by atoms with Gasteiger partial charge in [-0.05, 0) is 32.6 Å². The van der Waals surface area contributed by atoms with Gasteiger partial charge in [0.05, 0.1) is 17.4 Å². The maximum absolute atomic E-state index is 12.3. The number of hydrogen-bond acceptors (Lipinski definition) is 6. The van der Waals surface area contributed by atoms with Gasteiger partial charge in [0.25, 0.3) is 5.91 Å². The van der Waals surface area contributed by atoms with E-state index in [4.69, 9.17) is 10.5 Å². The minimum absolute atomic E-state index is 0.111. The van der Waals surface area contributed by atoms with Gasteiger partial charge in [-0.25, -0.2) is 9.97 Å². The summed E-state index contributed by atoms with van der Waals surface area (Å²) in [4.78, 5) is 22.7. The third-order valence-electron chi connectivity index (χ3n) is 4.65. The number of piperidine rings is 1. The first-order valence-corrected chi connectivity index (χ1v) is 8.36. The second kappa shape index (κ2) is 7.23. The topological polar surface area (TPSA) is 93.4 Å². The van der Waals surface area contributed by atoms with E-state index < -0.39 is 0 Å². The molecule has 1 atom stereocenters. The molecule has 1 aromatic rings. The number of nitrogens with zero attached hydrogens (tertiary/aromatic N) is 3. The molecule has 2 aliphatic heterocycles. The zero-order valence-corrected chi connectivity index (χ0v) is 13.6.